The number of piperidine rings is 1. The number of anilines is 1. The van der Waals surface area contributed by atoms with Crippen LogP contribution in [0, 0.1) is 5.92 Å². The molecular formula is C26H28N6OS. The van der Waals surface area contributed by atoms with Gasteiger partial charge >= 0.3 is 0 Å². The number of nitrogens with one attached hydrogen (secondary N) is 1. The molecule has 34 heavy (non-hydrogen) atoms. The van der Waals surface area contributed by atoms with Crippen molar-refractivity contribution < 1.29 is 4.79 Å². The first-order valence-corrected chi connectivity index (χ1v) is 13.0. The Bertz CT molecular complexity index is 1290. The molecule has 0 unspecified atom stereocenters. The normalized spacial score (nSPS) is 17.5. The third kappa shape index (κ3) is 4.18. The fraction of sp³-hybridized carbons (Fsp3) is 0.385. The monoisotopic (exact) mass is 472 g/mol. The number of aromatic nitrogens is 4. The summed E-state index contributed by atoms with van der Waals surface area (Å²) in [5, 5.41) is 18.0. The predicted molar refractivity (Wildman–Crippen MR) is 133 cm³/mol. The van der Waals surface area contributed by atoms with Crippen molar-refractivity contribution in [1.82, 2.24) is 25.1 Å². The van der Waals surface area contributed by atoms with Crippen LogP contribution in [0.5, 0.6) is 0 Å². The summed E-state index contributed by atoms with van der Waals surface area (Å²) in [5.74, 6) is 1.06. The van der Waals surface area contributed by atoms with Gasteiger partial charge in [-0.2, -0.15) is 4.52 Å². The van der Waals surface area contributed by atoms with Crippen molar-refractivity contribution in [2.24, 2.45) is 5.92 Å². The zero-order valence-electron chi connectivity index (χ0n) is 19.1. The molecule has 1 amide bonds. The average molecular weight is 473 g/mol. The number of thiophene rings is 1. The van der Waals surface area contributed by atoms with Crippen molar-refractivity contribution in [3.05, 3.63) is 75.7 Å². The highest BCUT2D eigenvalue weighted by molar-refractivity contribution is 7.10. The lowest BCUT2D eigenvalue weighted by molar-refractivity contribution is -0.126. The largest absolute Gasteiger partial charge is 0.355 e. The molecule has 1 N–H and O–H groups in total. The third-order valence-corrected chi connectivity index (χ3v) is 8.09. The number of benzene rings is 1. The van der Waals surface area contributed by atoms with Gasteiger partial charge in [0.1, 0.15) is 12.1 Å². The van der Waals surface area contributed by atoms with Crippen molar-refractivity contribution >= 4 is 28.7 Å². The molecule has 4 aromatic rings. The molecule has 2 aliphatic rings. The zero-order valence-corrected chi connectivity index (χ0v) is 19.9. The number of nitrogens with zero attached hydrogens (tertiary/aromatic N) is 5. The lowest BCUT2D eigenvalue weighted by Gasteiger charge is -2.33. The van der Waals surface area contributed by atoms with Crippen LogP contribution in [-0.2, 0) is 17.6 Å². The highest BCUT2D eigenvalue weighted by Crippen LogP contribution is 2.31. The molecule has 174 valence electrons. The van der Waals surface area contributed by atoms with E-state index in [1.807, 2.05) is 12.1 Å². The van der Waals surface area contributed by atoms with E-state index in [2.05, 4.69) is 61.2 Å². The Balaban J connectivity index is 1.15. The van der Waals surface area contributed by atoms with Gasteiger partial charge in [-0.1, -0.05) is 24.3 Å². The van der Waals surface area contributed by atoms with Crippen molar-refractivity contribution in [3.63, 3.8) is 0 Å². The molecule has 8 heteroatoms. The summed E-state index contributed by atoms with van der Waals surface area (Å²) in [4.78, 5) is 16.8. The molecule has 7 nitrogen and oxygen atoms in total. The van der Waals surface area contributed by atoms with E-state index in [4.69, 9.17) is 0 Å². The second-order valence-corrected chi connectivity index (χ2v) is 10.3. The zero-order chi connectivity index (χ0) is 22.9. The van der Waals surface area contributed by atoms with Crippen LogP contribution in [0.3, 0.4) is 0 Å². The fourth-order valence-electron chi connectivity index (χ4n) is 5.23. The smallest absolute Gasteiger partial charge is 0.224 e. The van der Waals surface area contributed by atoms with Gasteiger partial charge in [0.05, 0.1) is 6.04 Å². The van der Waals surface area contributed by atoms with Gasteiger partial charge in [0, 0.05) is 23.9 Å². The summed E-state index contributed by atoms with van der Waals surface area (Å²) in [5.41, 5.74) is 4.85. The minimum absolute atomic E-state index is 0.00924. The Hall–Kier alpha value is -3.26. The van der Waals surface area contributed by atoms with Crippen LogP contribution < -0.4 is 10.2 Å². The molecule has 1 aliphatic heterocycles. The van der Waals surface area contributed by atoms with Crippen molar-refractivity contribution in [1.29, 1.82) is 0 Å². The van der Waals surface area contributed by atoms with Crippen LogP contribution in [-0.4, -0.2) is 38.8 Å². The van der Waals surface area contributed by atoms with E-state index in [1.54, 1.807) is 22.2 Å². The highest BCUT2D eigenvalue weighted by Gasteiger charge is 2.29. The molecule has 0 spiro atoms. The summed E-state index contributed by atoms with van der Waals surface area (Å²) in [6, 6.07) is 14.8. The Kier molecular flexibility index (Phi) is 5.74. The SMILES string of the molecule is O=C(N[C@@H](c1ccc2c(c1)CCCC2)c1cccs1)C1CCN(c2ccc3nncn3n2)CC1. The quantitative estimate of drug-likeness (QED) is 0.472. The van der Waals surface area contributed by atoms with Crippen LogP contribution >= 0.6 is 11.3 Å². The fourth-order valence-corrected chi connectivity index (χ4v) is 6.03. The minimum atomic E-state index is -0.0874. The van der Waals surface area contributed by atoms with E-state index < -0.39 is 0 Å². The summed E-state index contributed by atoms with van der Waals surface area (Å²) in [6.45, 7) is 1.61. The van der Waals surface area contributed by atoms with Crippen molar-refractivity contribution in [2.45, 2.75) is 44.6 Å². The van der Waals surface area contributed by atoms with Gasteiger partial charge in [-0.05, 0) is 78.8 Å². The van der Waals surface area contributed by atoms with E-state index in [0.29, 0.717) is 0 Å². The Morgan fingerprint density at radius 2 is 1.91 bits per heavy atom. The van der Waals surface area contributed by atoms with Gasteiger partial charge in [0.15, 0.2) is 5.65 Å². The lowest BCUT2D eigenvalue weighted by Crippen LogP contribution is -2.42. The maximum absolute atomic E-state index is 13.4. The van der Waals surface area contributed by atoms with Gasteiger partial charge in [-0.25, -0.2) is 0 Å². The second-order valence-electron chi connectivity index (χ2n) is 9.28. The minimum Gasteiger partial charge on any atom is -0.355 e. The molecule has 3 aromatic heterocycles. The standard InChI is InChI=1S/C26H28N6OS/c33-26(19-11-13-31(14-12-19)24-10-9-23-29-27-17-32(23)30-24)28-25(22-6-3-15-34-22)21-8-7-18-4-1-2-5-20(18)16-21/h3,6-10,15-17,19,25H,1-2,4-5,11-14H2,(H,28,33)/t25-/m0/s1. The van der Waals surface area contributed by atoms with Gasteiger partial charge < -0.3 is 10.2 Å². The maximum atomic E-state index is 13.4. The van der Waals surface area contributed by atoms with Gasteiger partial charge in [0.2, 0.25) is 5.91 Å². The molecule has 1 aliphatic carbocycles. The van der Waals surface area contributed by atoms with Crippen LogP contribution in [0.2, 0.25) is 0 Å². The van der Waals surface area contributed by atoms with Gasteiger partial charge in [-0.3, -0.25) is 4.79 Å². The summed E-state index contributed by atoms with van der Waals surface area (Å²) in [6.07, 6.45) is 8.09. The molecule has 1 saturated heterocycles. The molecule has 1 atom stereocenters. The Morgan fingerprint density at radius 3 is 2.74 bits per heavy atom. The first-order valence-electron chi connectivity index (χ1n) is 12.1. The lowest BCUT2D eigenvalue weighted by atomic mass is 9.88. The molecule has 6 rings (SSSR count). The molecule has 1 aromatic carbocycles. The van der Waals surface area contributed by atoms with E-state index in [0.717, 1.165) is 43.8 Å². The van der Waals surface area contributed by atoms with Crippen molar-refractivity contribution in [2.75, 3.05) is 18.0 Å². The predicted octanol–water partition coefficient (Wildman–Crippen LogP) is 4.19. The molecule has 0 bridgehead atoms. The van der Waals surface area contributed by atoms with Crippen LogP contribution in [0.4, 0.5) is 5.82 Å². The summed E-state index contributed by atoms with van der Waals surface area (Å²) < 4.78 is 1.69. The number of fused-ring (bicyclic) bond motifs is 2. The number of hydrogen-bond acceptors (Lipinski definition) is 6. The van der Waals surface area contributed by atoms with E-state index in [-0.39, 0.29) is 17.9 Å². The van der Waals surface area contributed by atoms with E-state index >= 15 is 0 Å². The number of carbonyl (C=O) groups is 1. The van der Waals surface area contributed by atoms with Crippen molar-refractivity contribution in [3.8, 4) is 0 Å². The third-order valence-electron chi connectivity index (χ3n) is 7.16. The maximum Gasteiger partial charge on any atom is 0.224 e. The molecule has 1 fully saturated rings. The molecule has 0 saturated carbocycles. The number of amides is 1. The Labute approximate surface area is 202 Å². The Morgan fingerprint density at radius 1 is 1.06 bits per heavy atom. The highest BCUT2D eigenvalue weighted by atomic mass is 32.1. The van der Waals surface area contributed by atoms with Crippen LogP contribution in [0.25, 0.3) is 5.65 Å². The number of rotatable bonds is 5. The van der Waals surface area contributed by atoms with Gasteiger partial charge in [0.25, 0.3) is 0 Å². The van der Waals surface area contributed by atoms with E-state index in [1.165, 1.54) is 40.8 Å². The van der Waals surface area contributed by atoms with Gasteiger partial charge in [-0.15, -0.1) is 26.6 Å². The first kappa shape index (κ1) is 21.3. The number of aryl methyl sites for hydroxylation is 2. The summed E-state index contributed by atoms with van der Waals surface area (Å²) in [7, 11) is 0. The summed E-state index contributed by atoms with van der Waals surface area (Å²) >= 11 is 1.71. The molecule has 4 heterocycles. The van der Waals surface area contributed by atoms with Crippen LogP contribution in [0.1, 0.15) is 53.3 Å². The van der Waals surface area contributed by atoms with E-state index in [9.17, 15) is 4.79 Å². The molecule has 0 radical (unpaired) electrons. The number of carbonyl (C=O) groups excluding carboxylic acids is 1. The number of hydrogen-bond donors (Lipinski definition) is 1. The topological polar surface area (TPSA) is 75.4 Å². The first-order chi connectivity index (χ1) is 16.7. The second kappa shape index (κ2) is 9.18. The van der Waals surface area contributed by atoms with Crippen LogP contribution in [0.15, 0.2) is 54.2 Å². The molecular weight excluding hydrogens is 444 g/mol. The average Bonchev–Trinajstić information content (AvgIpc) is 3.59.